The molecule has 1 aromatic carbocycles. The maximum absolute atomic E-state index is 13.0. The fourth-order valence-corrected chi connectivity index (χ4v) is 3.53. The fraction of sp³-hybridized carbons (Fsp3) is 0.316. The molecule has 0 unspecified atom stereocenters. The van der Waals surface area contributed by atoms with Gasteiger partial charge < -0.3 is 10.1 Å². The van der Waals surface area contributed by atoms with E-state index in [1.165, 1.54) is 35.6 Å². The van der Waals surface area contributed by atoms with Crippen LogP contribution in [0.5, 0.6) is 0 Å². The molecule has 0 saturated carbocycles. The Kier molecular flexibility index (Phi) is 6.32. The molecule has 3 aromatic rings. The number of esters is 1. The van der Waals surface area contributed by atoms with Crippen molar-refractivity contribution in [2.24, 2.45) is 0 Å². The Hall–Kier alpha value is -3.14. The number of nitrogens with zero attached hydrogens (tertiary/aromatic N) is 4. The average Bonchev–Trinajstić information content (AvgIpc) is 3.30. The zero-order valence-electron chi connectivity index (χ0n) is 16.2. The molecule has 0 atom stereocenters. The maximum Gasteiger partial charge on any atom is 0.341 e. The molecule has 1 amide bonds. The van der Waals surface area contributed by atoms with Crippen molar-refractivity contribution in [3.63, 3.8) is 0 Å². The summed E-state index contributed by atoms with van der Waals surface area (Å²) in [5.41, 5.74) is 0.912. The first-order chi connectivity index (χ1) is 13.9. The van der Waals surface area contributed by atoms with E-state index in [1.54, 1.807) is 13.0 Å². The summed E-state index contributed by atoms with van der Waals surface area (Å²) >= 11 is 1.33. The summed E-state index contributed by atoms with van der Waals surface area (Å²) in [6, 6.07) is 7.39. The van der Waals surface area contributed by atoms with Gasteiger partial charge in [-0.05, 0) is 48.4 Å². The highest BCUT2D eigenvalue weighted by Gasteiger charge is 2.20. The van der Waals surface area contributed by atoms with Gasteiger partial charge in [0.05, 0.1) is 12.2 Å². The Balaban J connectivity index is 1.72. The number of anilines is 1. The van der Waals surface area contributed by atoms with Gasteiger partial charge in [-0.3, -0.25) is 4.79 Å². The number of hydrogen-bond donors (Lipinski definition) is 1. The lowest BCUT2D eigenvalue weighted by Gasteiger charge is -2.05. The molecule has 0 fully saturated rings. The van der Waals surface area contributed by atoms with Gasteiger partial charge in [0.1, 0.15) is 17.4 Å². The van der Waals surface area contributed by atoms with Gasteiger partial charge in [0.2, 0.25) is 11.7 Å². The number of tetrazole rings is 1. The quantitative estimate of drug-likeness (QED) is 0.591. The summed E-state index contributed by atoms with van der Waals surface area (Å²) < 4.78 is 18.1. The first kappa shape index (κ1) is 20.6. The minimum absolute atomic E-state index is 0.189. The molecular weight excluding hydrogens is 397 g/mol. The van der Waals surface area contributed by atoms with Crippen LogP contribution >= 0.6 is 11.3 Å². The Labute approximate surface area is 170 Å². The Morgan fingerprint density at radius 3 is 2.66 bits per heavy atom. The fourth-order valence-electron chi connectivity index (χ4n) is 2.47. The van der Waals surface area contributed by atoms with Crippen LogP contribution < -0.4 is 5.32 Å². The normalized spacial score (nSPS) is 10.9. The lowest BCUT2D eigenvalue weighted by molar-refractivity contribution is -0.117. The van der Waals surface area contributed by atoms with E-state index in [-0.39, 0.29) is 30.7 Å². The number of ether oxygens (including phenoxy) is 1. The van der Waals surface area contributed by atoms with Crippen molar-refractivity contribution in [3.8, 4) is 11.4 Å². The van der Waals surface area contributed by atoms with E-state index in [0.29, 0.717) is 16.1 Å². The SMILES string of the molecule is CCOC(=O)c1cc(C(C)C)sc1NC(=O)Cn1nnc(-c2ccc(F)cc2)n1. The molecule has 29 heavy (non-hydrogen) atoms. The number of hydrogen-bond acceptors (Lipinski definition) is 7. The monoisotopic (exact) mass is 417 g/mol. The number of nitrogens with one attached hydrogen (secondary N) is 1. The molecular formula is C19H20FN5O3S. The zero-order chi connectivity index (χ0) is 21.0. The van der Waals surface area contributed by atoms with Crippen LogP contribution in [0.4, 0.5) is 9.39 Å². The van der Waals surface area contributed by atoms with Crippen molar-refractivity contribution in [2.45, 2.75) is 33.2 Å². The number of thiophene rings is 1. The van der Waals surface area contributed by atoms with Crippen LogP contribution in [0.25, 0.3) is 11.4 Å². The molecule has 0 saturated heterocycles. The van der Waals surface area contributed by atoms with E-state index in [4.69, 9.17) is 4.74 Å². The predicted octanol–water partition coefficient (Wildman–Crippen LogP) is 3.48. The van der Waals surface area contributed by atoms with E-state index >= 15 is 0 Å². The topological polar surface area (TPSA) is 99.0 Å². The highest BCUT2D eigenvalue weighted by atomic mass is 32.1. The number of benzene rings is 1. The van der Waals surface area contributed by atoms with Gasteiger partial charge >= 0.3 is 5.97 Å². The van der Waals surface area contributed by atoms with Crippen LogP contribution in [0, 0.1) is 5.82 Å². The van der Waals surface area contributed by atoms with E-state index in [9.17, 15) is 14.0 Å². The number of rotatable bonds is 7. The summed E-state index contributed by atoms with van der Waals surface area (Å²) in [4.78, 5) is 26.7. The summed E-state index contributed by atoms with van der Waals surface area (Å²) in [5.74, 6) is -0.772. The Bertz CT molecular complexity index is 1010. The molecule has 10 heteroatoms. The molecule has 2 aromatic heterocycles. The average molecular weight is 417 g/mol. The summed E-state index contributed by atoms with van der Waals surface area (Å²) in [7, 11) is 0. The second kappa shape index (κ2) is 8.91. The molecule has 0 radical (unpaired) electrons. The first-order valence-corrected chi connectivity index (χ1v) is 9.83. The summed E-state index contributed by atoms with van der Waals surface area (Å²) in [6.07, 6.45) is 0. The van der Waals surface area contributed by atoms with Crippen molar-refractivity contribution < 1.29 is 18.7 Å². The largest absolute Gasteiger partial charge is 0.462 e. The third-order valence-corrected chi connectivity index (χ3v) is 5.26. The summed E-state index contributed by atoms with van der Waals surface area (Å²) in [6.45, 7) is 5.78. The van der Waals surface area contributed by atoms with Gasteiger partial charge in [-0.15, -0.1) is 21.5 Å². The molecule has 8 nitrogen and oxygen atoms in total. The second-order valence-electron chi connectivity index (χ2n) is 6.47. The van der Waals surface area contributed by atoms with Crippen molar-refractivity contribution >= 4 is 28.2 Å². The number of halogens is 1. The number of amides is 1. The number of aromatic nitrogens is 4. The molecule has 1 N–H and O–H groups in total. The smallest absolute Gasteiger partial charge is 0.341 e. The molecule has 152 valence electrons. The highest BCUT2D eigenvalue weighted by molar-refractivity contribution is 7.16. The lowest BCUT2D eigenvalue weighted by Crippen LogP contribution is -2.21. The van der Waals surface area contributed by atoms with Crippen molar-refractivity contribution in [1.29, 1.82) is 0 Å². The Morgan fingerprint density at radius 1 is 1.28 bits per heavy atom. The molecule has 3 rings (SSSR count). The molecule has 2 heterocycles. The number of carbonyl (C=O) groups is 2. The zero-order valence-corrected chi connectivity index (χ0v) is 17.0. The summed E-state index contributed by atoms with van der Waals surface area (Å²) in [5, 5.41) is 15.0. The third kappa shape index (κ3) is 5.02. The first-order valence-electron chi connectivity index (χ1n) is 9.01. The van der Waals surface area contributed by atoms with E-state index < -0.39 is 11.9 Å². The maximum atomic E-state index is 13.0. The van der Waals surface area contributed by atoms with Gasteiger partial charge in [-0.1, -0.05) is 13.8 Å². The molecule has 0 aliphatic heterocycles. The molecule has 0 aliphatic rings. The highest BCUT2D eigenvalue weighted by Crippen LogP contribution is 2.33. The van der Waals surface area contributed by atoms with Gasteiger partial charge in [0, 0.05) is 10.4 Å². The minimum atomic E-state index is -0.483. The van der Waals surface area contributed by atoms with Gasteiger partial charge in [-0.2, -0.15) is 4.80 Å². The second-order valence-corrected chi connectivity index (χ2v) is 7.55. The van der Waals surface area contributed by atoms with Crippen molar-refractivity contribution in [2.75, 3.05) is 11.9 Å². The Morgan fingerprint density at radius 2 is 2.00 bits per heavy atom. The van der Waals surface area contributed by atoms with Gasteiger partial charge in [0.15, 0.2) is 0 Å². The van der Waals surface area contributed by atoms with Crippen LogP contribution in [-0.4, -0.2) is 38.7 Å². The van der Waals surface area contributed by atoms with Crippen molar-refractivity contribution in [1.82, 2.24) is 20.2 Å². The molecule has 0 spiro atoms. The van der Waals surface area contributed by atoms with Gasteiger partial charge in [0.25, 0.3) is 0 Å². The van der Waals surface area contributed by atoms with Crippen LogP contribution in [0.15, 0.2) is 30.3 Å². The van der Waals surface area contributed by atoms with Crippen LogP contribution in [0.1, 0.15) is 41.9 Å². The lowest BCUT2D eigenvalue weighted by atomic mass is 10.1. The standard InChI is InChI=1S/C19H20FN5O3S/c1-4-28-19(27)14-9-15(11(2)3)29-18(14)21-16(26)10-25-23-17(22-24-25)12-5-7-13(20)8-6-12/h5-9,11H,4,10H2,1-3H3,(H,21,26). The van der Waals surface area contributed by atoms with Crippen LogP contribution in [0.3, 0.4) is 0 Å². The van der Waals surface area contributed by atoms with Crippen LogP contribution in [-0.2, 0) is 16.1 Å². The van der Waals surface area contributed by atoms with Gasteiger partial charge in [-0.25, -0.2) is 9.18 Å². The van der Waals surface area contributed by atoms with Crippen LogP contribution in [0.2, 0.25) is 0 Å². The van der Waals surface area contributed by atoms with Crippen molar-refractivity contribution in [3.05, 3.63) is 46.6 Å². The molecule has 0 aliphatic carbocycles. The molecule has 0 bridgehead atoms. The van der Waals surface area contributed by atoms with E-state index in [0.717, 1.165) is 9.67 Å². The van der Waals surface area contributed by atoms with E-state index in [2.05, 4.69) is 20.7 Å². The minimum Gasteiger partial charge on any atom is -0.462 e. The number of carbonyl (C=O) groups excluding carboxylic acids is 2. The van der Waals surface area contributed by atoms with E-state index in [1.807, 2.05) is 13.8 Å². The third-order valence-electron chi connectivity index (χ3n) is 3.91. The predicted molar refractivity (Wildman–Crippen MR) is 106 cm³/mol.